The molecular formula is C20H23NO4. The second-order valence-corrected chi connectivity index (χ2v) is 5.67. The molecule has 0 radical (unpaired) electrons. The Morgan fingerprint density at radius 2 is 1.60 bits per heavy atom. The first-order valence-corrected chi connectivity index (χ1v) is 8.39. The fourth-order valence-electron chi connectivity index (χ4n) is 2.49. The van der Waals surface area contributed by atoms with E-state index < -0.39 is 12.2 Å². The molecule has 0 aliphatic heterocycles. The lowest BCUT2D eigenvalue weighted by Gasteiger charge is -2.19. The first-order valence-electron chi connectivity index (χ1n) is 8.39. The van der Waals surface area contributed by atoms with Crippen LogP contribution in [0, 0.1) is 0 Å². The molecule has 0 bridgehead atoms. The summed E-state index contributed by atoms with van der Waals surface area (Å²) in [6.45, 7) is 4.31. The standard InChI is InChI=1S/C20H23NO4/c1-3-5-14-6-8-15(9-7-14)18(22)19(25-4-2)21-17-12-10-16(11-13-17)20(23)24/h6-13,19,21H,3-5H2,1-2H3,(H,23,24). The molecule has 0 aliphatic rings. The third kappa shape index (κ3) is 5.16. The largest absolute Gasteiger partial charge is 0.478 e. The van der Waals surface area contributed by atoms with Gasteiger partial charge in [0.05, 0.1) is 5.56 Å². The van der Waals surface area contributed by atoms with Crippen molar-refractivity contribution in [2.45, 2.75) is 32.9 Å². The van der Waals surface area contributed by atoms with Crippen molar-refractivity contribution in [3.8, 4) is 0 Å². The molecule has 0 saturated heterocycles. The number of ketones is 1. The zero-order chi connectivity index (χ0) is 18.2. The van der Waals surface area contributed by atoms with E-state index >= 15 is 0 Å². The van der Waals surface area contributed by atoms with Crippen molar-refractivity contribution in [2.24, 2.45) is 0 Å². The van der Waals surface area contributed by atoms with Gasteiger partial charge in [-0.1, -0.05) is 37.6 Å². The second kappa shape index (κ2) is 8.99. The minimum atomic E-state index is -0.990. The van der Waals surface area contributed by atoms with Crippen molar-refractivity contribution in [3.05, 3.63) is 65.2 Å². The summed E-state index contributed by atoms with van der Waals surface area (Å²) >= 11 is 0. The van der Waals surface area contributed by atoms with Crippen LogP contribution in [0.1, 0.15) is 46.5 Å². The lowest BCUT2D eigenvalue weighted by Crippen LogP contribution is -2.32. The SMILES string of the molecule is CCCc1ccc(C(=O)C(Nc2ccc(C(=O)O)cc2)OCC)cc1. The van der Waals surface area contributed by atoms with Crippen LogP contribution in [-0.2, 0) is 11.2 Å². The Balaban J connectivity index is 2.12. The maximum absolute atomic E-state index is 12.7. The molecule has 2 aromatic rings. The van der Waals surface area contributed by atoms with Crippen molar-refractivity contribution < 1.29 is 19.4 Å². The van der Waals surface area contributed by atoms with Gasteiger partial charge in [-0.2, -0.15) is 0 Å². The number of hydrogen-bond donors (Lipinski definition) is 2. The van der Waals surface area contributed by atoms with Crippen molar-refractivity contribution in [3.63, 3.8) is 0 Å². The highest BCUT2D eigenvalue weighted by molar-refractivity contribution is 6.00. The van der Waals surface area contributed by atoms with Crippen molar-refractivity contribution in [1.82, 2.24) is 0 Å². The Morgan fingerprint density at radius 1 is 1.00 bits per heavy atom. The maximum Gasteiger partial charge on any atom is 0.335 e. The number of carboxylic acid groups (broad SMARTS) is 1. The van der Waals surface area contributed by atoms with E-state index in [2.05, 4.69) is 12.2 Å². The first-order chi connectivity index (χ1) is 12.0. The third-order valence-electron chi connectivity index (χ3n) is 3.78. The summed E-state index contributed by atoms with van der Waals surface area (Å²) in [5, 5.41) is 12.0. The number of rotatable bonds is 9. The van der Waals surface area contributed by atoms with Gasteiger partial charge >= 0.3 is 5.97 Å². The van der Waals surface area contributed by atoms with Gasteiger partial charge in [-0.3, -0.25) is 4.79 Å². The molecule has 0 aliphatic carbocycles. The molecule has 2 N–H and O–H groups in total. The van der Waals surface area contributed by atoms with Crippen LogP contribution in [0.3, 0.4) is 0 Å². The van der Waals surface area contributed by atoms with Gasteiger partial charge in [0.1, 0.15) is 0 Å². The third-order valence-corrected chi connectivity index (χ3v) is 3.78. The summed E-state index contributed by atoms with van der Waals surface area (Å²) in [7, 11) is 0. The zero-order valence-corrected chi connectivity index (χ0v) is 14.5. The van der Waals surface area contributed by atoms with E-state index in [4.69, 9.17) is 9.84 Å². The quantitative estimate of drug-likeness (QED) is 0.533. The second-order valence-electron chi connectivity index (χ2n) is 5.67. The zero-order valence-electron chi connectivity index (χ0n) is 14.5. The summed E-state index contributed by atoms with van der Waals surface area (Å²) in [5.41, 5.74) is 2.59. The maximum atomic E-state index is 12.7. The molecule has 1 unspecified atom stereocenters. The highest BCUT2D eigenvalue weighted by Crippen LogP contribution is 2.15. The molecule has 0 aromatic heterocycles. The van der Waals surface area contributed by atoms with Gasteiger partial charge in [0, 0.05) is 17.9 Å². The summed E-state index contributed by atoms with van der Waals surface area (Å²) < 4.78 is 5.54. The van der Waals surface area contributed by atoms with Crippen molar-refractivity contribution >= 4 is 17.4 Å². The Labute approximate surface area is 147 Å². The lowest BCUT2D eigenvalue weighted by molar-refractivity contribution is 0.0549. The van der Waals surface area contributed by atoms with Gasteiger partial charge in [0.25, 0.3) is 0 Å². The fourth-order valence-corrected chi connectivity index (χ4v) is 2.49. The molecule has 0 amide bonds. The van der Waals surface area contributed by atoms with Crippen LogP contribution in [0.5, 0.6) is 0 Å². The molecular weight excluding hydrogens is 318 g/mol. The highest BCUT2D eigenvalue weighted by Gasteiger charge is 2.20. The summed E-state index contributed by atoms with van der Waals surface area (Å²) in [5.74, 6) is -1.15. The Morgan fingerprint density at radius 3 is 2.12 bits per heavy atom. The molecule has 132 valence electrons. The highest BCUT2D eigenvalue weighted by atomic mass is 16.5. The Hall–Kier alpha value is -2.66. The number of ether oxygens (including phenoxy) is 1. The van der Waals surface area contributed by atoms with E-state index in [1.165, 1.54) is 17.7 Å². The number of nitrogens with one attached hydrogen (secondary N) is 1. The molecule has 2 rings (SSSR count). The van der Waals surface area contributed by atoms with Crippen LogP contribution < -0.4 is 5.32 Å². The number of anilines is 1. The smallest absolute Gasteiger partial charge is 0.335 e. The Bertz CT molecular complexity index is 707. The van der Waals surface area contributed by atoms with E-state index in [0.29, 0.717) is 17.9 Å². The topological polar surface area (TPSA) is 75.6 Å². The van der Waals surface area contributed by atoms with E-state index in [1.54, 1.807) is 12.1 Å². The van der Waals surface area contributed by atoms with E-state index in [0.717, 1.165) is 12.8 Å². The minimum Gasteiger partial charge on any atom is -0.478 e. The van der Waals surface area contributed by atoms with Crippen LogP contribution in [0.15, 0.2) is 48.5 Å². The number of benzene rings is 2. The normalized spacial score (nSPS) is 11.8. The molecule has 5 nitrogen and oxygen atoms in total. The monoisotopic (exact) mass is 341 g/mol. The van der Waals surface area contributed by atoms with E-state index in [9.17, 15) is 9.59 Å². The van der Waals surface area contributed by atoms with E-state index in [-0.39, 0.29) is 11.3 Å². The summed E-state index contributed by atoms with van der Waals surface area (Å²) in [4.78, 5) is 23.6. The van der Waals surface area contributed by atoms with Gasteiger partial charge < -0.3 is 15.2 Å². The van der Waals surface area contributed by atoms with Gasteiger partial charge in [-0.15, -0.1) is 0 Å². The molecule has 0 fully saturated rings. The number of Topliss-reactive ketones (excluding diaryl/α,β-unsaturated/α-hetero) is 1. The van der Waals surface area contributed by atoms with E-state index in [1.807, 2.05) is 31.2 Å². The first kappa shape index (κ1) is 18.7. The molecule has 5 heteroatoms. The van der Waals surface area contributed by atoms with Crippen molar-refractivity contribution in [2.75, 3.05) is 11.9 Å². The number of carboxylic acids is 1. The molecule has 0 spiro atoms. The van der Waals surface area contributed by atoms with Gasteiger partial charge in [0.15, 0.2) is 6.23 Å². The Kier molecular flexibility index (Phi) is 6.71. The van der Waals surface area contributed by atoms with Gasteiger partial charge in [-0.05, 0) is 43.2 Å². The molecule has 0 heterocycles. The lowest BCUT2D eigenvalue weighted by atomic mass is 10.0. The van der Waals surface area contributed by atoms with Crippen LogP contribution in [-0.4, -0.2) is 29.7 Å². The number of hydrogen-bond acceptors (Lipinski definition) is 4. The number of aromatic carboxylic acids is 1. The number of carbonyl (C=O) groups is 2. The molecule has 2 aromatic carbocycles. The summed E-state index contributed by atoms with van der Waals surface area (Å²) in [6, 6.07) is 13.8. The average molecular weight is 341 g/mol. The molecule has 1 atom stereocenters. The molecule has 0 saturated carbocycles. The predicted octanol–water partition coefficient (Wildman–Crippen LogP) is 3.99. The fraction of sp³-hybridized carbons (Fsp3) is 0.300. The van der Waals surface area contributed by atoms with Crippen molar-refractivity contribution in [1.29, 1.82) is 0 Å². The number of carbonyl (C=O) groups excluding carboxylic acids is 1. The van der Waals surface area contributed by atoms with Gasteiger partial charge in [-0.25, -0.2) is 4.79 Å². The van der Waals surface area contributed by atoms with Crippen LogP contribution in [0.2, 0.25) is 0 Å². The summed E-state index contributed by atoms with van der Waals surface area (Å²) in [6.07, 6.45) is 1.22. The van der Waals surface area contributed by atoms with Crippen LogP contribution in [0.25, 0.3) is 0 Å². The number of aryl methyl sites for hydroxylation is 1. The van der Waals surface area contributed by atoms with Crippen LogP contribution >= 0.6 is 0 Å². The van der Waals surface area contributed by atoms with Gasteiger partial charge in [0.2, 0.25) is 5.78 Å². The van der Waals surface area contributed by atoms with Crippen LogP contribution in [0.4, 0.5) is 5.69 Å². The predicted molar refractivity (Wildman–Crippen MR) is 97.2 cm³/mol. The minimum absolute atomic E-state index is 0.160. The average Bonchev–Trinajstić information content (AvgIpc) is 2.62. The molecule has 25 heavy (non-hydrogen) atoms.